The Balaban J connectivity index is 4.18. The fourth-order valence-corrected chi connectivity index (χ4v) is 0.939. The minimum absolute atomic E-state index is 0.0537. The third-order valence-corrected chi connectivity index (χ3v) is 1.62. The molecule has 1 unspecified atom stereocenters. The van der Waals surface area contributed by atoms with Gasteiger partial charge in [0.1, 0.15) is 12.9 Å². The molecule has 2 amide bonds. The molecule has 0 aromatic heterocycles. The molecule has 90 valence electrons. The van der Waals surface area contributed by atoms with Gasteiger partial charge in [-0.15, -0.1) is 0 Å². The minimum atomic E-state index is -0.755. The van der Waals surface area contributed by atoms with Crippen LogP contribution in [0.1, 0.15) is 6.42 Å². The number of amides is 2. The Bertz CT molecular complexity index is 277. The van der Waals surface area contributed by atoms with E-state index in [9.17, 15) is 14.4 Å². The first-order valence-corrected chi connectivity index (χ1v) is 4.54. The van der Waals surface area contributed by atoms with E-state index in [1.165, 1.54) is 0 Å². The molecule has 1 atom stereocenters. The maximum atomic E-state index is 10.6. The fraction of sp³-hybridized carbons (Fsp3) is 0.444. The second kappa shape index (κ2) is 8.42. The van der Waals surface area contributed by atoms with Crippen molar-refractivity contribution in [3.05, 3.63) is 11.8 Å². The molecule has 4 N–H and O–H groups in total. The van der Waals surface area contributed by atoms with Crippen LogP contribution in [-0.2, 0) is 14.3 Å². The van der Waals surface area contributed by atoms with Crippen molar-refractivity contribution in [3.8, 4) is 0 Å². The number of nitrogens with one attached hydrogen (secondary N) is 1. The van der Waals surface area contributed by atoms with E-state index >= 15 is 0 Å². The van der Waals surface area contributed by atoms with Crippen molar-refractivity contribution in [1.82, 2.24) is 5.32 Å². The van der Waals surface area contributed by atoms with Crippen molar-refractivity contribution in [2.75, 3.05) is 13.2 Å². The summed E-state index contributed by atoms with van der Waals surface area (Å²) in [6.07, 6.45) is 1.96. The molecular formula is C9H14N2O5. The van der Waals surface area contributed by atoms with Crippen molar-refractivity contribution in [1.29, 1.82) is 0 Å². The van der Waals surface area contributed by atoms with E-state index < -0.39 is 12.1 Å². The minimum Gasteiger partial charge on any atom is -0.488 e. The number of hydrogen-bond acceptors (Lipinski definition) is 5. The summed E-state index contributed by atoms with van der Waals surface area (Å²) >= 11 is 0. The lowest BCUT2D eigenvalue weighted by Crippen LogP contribution is -2.41. The standard InChI is InChI=1S/C9H14N2O5/c10-9(15)11-7(1-3-12)6-16-8(5-14)2-4-13/h2,4-5,7,12H,1,3,6H2,(H3,10,11,15). The lowest BCUT2D eigenvalue weighted by molar-refractivity contribution is -0.109. The summed E-state index contributed by atoms with van der Waals surface area (Å²) < 4.78 is 4.93. The number of ether oxygens (including phenoxy) is 1. The molecule has 0 fully saturated rings. The Morgan fingerprint density at radius 2 is 2.19 bits per heavy atom. The molecule has 16 heavy (non-hydrogen) atoms. The van der Waals surface area contributed by atoms with Crippen LogP contribution in [0.3, 0.4) is 0 Å². The maximum absolute atomic E-state index is 10.6. The summed E-state index contributed by atoms with van der Waals surface area (Å²) in [5.41, 5.74) is 4.89. The van der Waals surface area contributed by atoms with Crippen molar-refractivity contribution in [2.24, 2.45) is 5.73 Å². The van der Waals surface area contributed by atoms with Gasteiger partial charge in [0.15, 0.2) is 12.0 Å². The Labute approximate surface area is 92.3 Å². The number of aliphatic hydroxyl groups is 1. The molecule has 0 radical (unpaired) electrons. The van der Waals surface area contributed by atoms with Crippen molar-refractivity contribution < 1.29 is 24.2 Å². The molecule has 7 heteroatoms. The van der Waals surface area contributed by atoms with E-state index in [1.54, 1.807) is 0 Å². The van der Waals surface area contributed by atoms with Gasteiger partial charge in [-0.25, -0.2) is 4.79 Å². The zero-order valence-corrected chi connectivity index (χ0v) is 8.59. The van der Waals surface area contributed by atoms with E-state index in [0.717, 1.165) is 6.08 Å². The molecule has 0 spiro atoms. The van der Waals surface area contributed by atoms with E-state index in [-0.39, 0.29) is 25.4 Å². The predicted octanol–water partition coefficient (Wildman–Crippen LogP) is -1.30. The van der Waals surface area contributed by atoms with Crippen molar-refractivity contribution >= 4 is 18.6 Å². The highest BCUT2D eigenvalue weighted by Gasteiger charge is 2.11. The van der Waals surface area contributed by atoms with Gasteiger partial charge in [-0.1, -0.05) is 0 Å². The number of aliphatic hydroxyl groups excluding tert-OH is 1. The number of hydrogen-bond donors (Lipinski definition) is 3. The zero-order valence-electron chi connectivity index (χ0n) is 8.59. The molecule has 0 aliphatic heterocycles. The Morgan fingerprint density at radius 3 is 2.62 bits per heavy atom. The summed E-state index contributed by atoms with van der Waals surface area (Å²) in [5.74, 6) is -0.149. The van der Waals surface area contributed by atoms with E-state index in [1.807, 2.05) is 0 Å². The number of rotatable bonds is 8. The normalized spacial score (nSPS) is 12.7. The Kier molecular flexibility index (Phi) is 7.43. The highest BCUT2D eigenvalue weighted by molar-refractivity contribution is 5.79. The smallest absolute Gasteiger partial charge is 0.312 e. The van der Waals surface area contributed by atoms with Crippen LogP contribution in [0, 0.1) is 0 Å². The average Bonchev–Trinajstić information content (AvgIpc) is 2.23. The largest absolute Gasteiger partial charge is 0.488 e. The van der Waals surface area contributed by atoms with Gasteiger partial charge in [0, 0.05) is 12.7 Å². The molecule has 0 aromatic carbocycles. The molecule has 0 saturated carbocycles. The van der Waals surface area contributed by atoms with Crippen LogP contribution in [-0.4, -0.2) is 43.0 Å². The van der Waals surface area contributed by atoms with Gasteiger partial charge in [-0.05, 0) is 6.42 Å². The van der Waals surface area contributed by atoms with Crippen LogP contribution in [0.4, 0.5) is 4.79 Å². The van der Waals surface area contributed by atoms with E-state index in [2.05, 4.69) is 5.32 Å². The molecule has 0 aromatic rings. The first-order valence-electron chi connectivity index (χ1n) is 4.54. The monoisotopic (exact) mass is 230 g/mol. The number of aldehydes is 2. The zero-order chi connectivity index (χ0) is 12.4. The van der Waals surface area contributed by atoms with Crippen LogP contribution < -0.4 is 11.1 Å². The summed E-state index contributed by atoms with van der Waals surface area (Å²) in [6, 6.07) is -1.27. The molecule has 7 nitrogen and oxygen atoms in total. The third-order valence-electron chi connectivity index (χ3n) is 1.62. The predicted molar refractivity (Wildman–Crippen MR) is 54.4 cm³/mol. The lowest BCUT2D eigenvalue weighted by atomic mass is 10.2. The summed E-state index contributed by atoms with van der Waals surface area (Å²) in [6.45, 7) is -0.218. The van der Waals surface area contributed by atoms with Gasteiger partial charge in [0.2, 0.25) is 0 Å². The number of carbonyl (C=O) groups excluding carboxylic acids is 3. The topological polar surface area (TPSA) is 119 Å². The quantitative estimate of drug-likeness (QED) is 0.272. The van der Waals surface area contributed by atoms with Gasteiger partial charge < -0.3 is 20.9 Å². The number of primary amides is 1. The number of carbonyl (C=O) groups is 3. The molecule has 0 bridgehead atoms. The number of urea groups is 1. The van der Waals surface area contributed by atoms with Gasteiger partial charge >= 0.3 is 6.03 Å². The van der Waals surface area contributed by atoms with Crippen LogP contribution in [0.25, 0.3) is 0 Å². The van der Waals surface area contributed by atoms with Crippen molar-refractivity contribution in [2.45, 2.75) is 12.5 Å². The lowest BCUT2D eigenvalue weighted by Gasteiger charge is -2.16. The van der Waals surface area contributed by atoms with Gasteiger partial charge in [0.25, 0.3) is 0 Å². The third kappa shape index (κ3) is 6.55. The van der Waals surface area contributed by atoms with Gasteiger partial charge in [0.05, 0.1) is 6.04 Å². The first-order chi connectivity index (χ1) is 7.63. The summed E-state index contributed by atoms with van der Waals surface area (Å²) in [5, 5.41) is 11.0. The number of nitrogens with two attached hydrogens (primary N) is 1. The van der Waals surface area contributed by atoms with Crippen molar-refractivity contribution in [3.63, 3.8) is 0 Å². The van der Waals surface area contributed by atoms with Crippen LogP contribution in [0.5, 0.6) is 0 Å². The average molecular weight is 230 g/mol. The molecule has 0 aliphatic carbocycles. The Hall–Kier alpha value is -1.89. The maximum Gasteiger partial charge on any atom is 0.312 e. The van der Waals surface area contributed by atoms with Crippen LogP contribution in [0.15, 0.2) is 11.8 Å². The second-order valence-corrected chi connectivity index (χ2v) is 2.85. The second-order valence-electron chi connectivity index (χ2n) is 2.85. The van der Waals surface area contributed by atoms with E-state index in [4.69, 9.17) is 15.6 Å². The number of allylic oxidation sites excluding steroid dienone is 2. The van der Waals surface area contributed by atoms with Gasteiger partial charge in [-0.2, -0.15) is 0 Å². The molecule has 0 saturated heterocycles. The summed E-state index contributed by atoms with van der Waals surface area (Å²) in [7, 11) is 0. The molecule has 0 aliphatic rings. The summed E-state index contributed by atoms with van der Waals surface area (Å²) in [4.78, 5) is 31.0. The van der Waals surface area contributed by atoms with Crippen LogP contribution in [0.2, 0.25) is 0 Å². The SMILES string of the molecule is NC(=O)NC(CCO)COC(C=O)=CC=O. The van der Waals surface area contributed by atoms with Gasteiger partial charge in [-0.3, -0.25) is 9.59 Å². The highest BCUT2D eigenvalue weighted by Crippen LogP contribution is 1.98. The Morgan fingerprint density at radius 1 is 1.50 bits per heavy atom. The van der Waals surface area contributed by atoms with E-state index in [0.29, 0.717) is 12.6 Å². The highest BCUT2D eigenvalue weighted by atomic mass is 16.5. The first kappa shape index (κ1) is 14.1. The molecular weight excluding hydrogens is 216 g/mol. The molecule has 0 rings (SSSR count). The van der Waals surface area contributed by atoms with Crippen LogP contribution >= 0.6 is 0 Å². The molecule has 0 heterocycles. The fourth-order valence-electron chi connectivity index (χ4n) is 0.939.